The van der Waals surface area contributed by atoms with Gasteiger partial charge in [0.05, 0.1) is 12.6 Å². The number of carbonyl (C=O) groups is 1. The maximum absolute atomic E-state index is 13.5. The Morgan fingerprint density at radius 2 is 1.72 bits per heavy atom. The molecular weight excluding hydrogens is 456 g/mol. The predicted molar refractivity (Wildman–Crippen MR) is 139 cm³/mol. The number of nitrogens with one attached hydrogen (secondary N) is 1. The fourth-order valence-corrected chi connectivity index (χ4v) is 4.37. The lowest BCUT2D eigenvalue weighted by molar-refractivity contribution is -0.116. The molecule has 0 bridgehead atoms. The molecule has 1 aromatic heterocycles. The van der Waals surface area contributed by atoms with Gasteiger partial charge in [0.1, 0.15) is 25.5 Å². The van der Waals surface area contributed by atoms with Crippen molar-refractivity contribution in [3.05, 3.63) is 93.8 Å². The Morgan fingerprint density at radius 1 is 0.944 bits per heavy atom. The Morgan fingerprint density at radius 3 is 2.50 bits per heavy atom. The van der Waals surface area contributed by atoms with Gasteiger partial charge in [-0.1, -0.05) is 29.8 Å². The fraction of sp³-hybridized carbons (Fsp3) is 0.241. The Hall–Kier alpha value is -4.26. The number of carbonyl (C=O) groups excluding carboxylic acids is 1. The van der Waals surface area contributed by atoms with E-state index in [0.717, 1.165) is 17.4 Å². The number of hydrogen-bond donors (Lipinski definition) is 1. The monoisotopic (exact) mass is 484 g/mol. The van der Waals surface area contributed by atoms with Gasteiger partial charge < -0.3 is 19.5 Å². The molecule has 0 spiro atoms. The number of aryl methyl sites for hydroxylation is 3. The van der Waals surface area contributed by atoms with Crippen LogP contribution in [0, 0.1) is 6.92 Å². The molecule has 1 amide bonds. The molecule has 1 aliphatic heterocycles. The normalized spacial score (nSPS) is 12.4. The first kappa shape index (κ1) is 23.5. The van der Waals surface area contributed by atoms with Crippen molar-refractivity contribution in [3.8, 4) is 17.2 Å². The molecule has 0 atom stereocenters. The third kappa shape index (κ3) is 5.05. The molecule has 7 nitrogen and oxygen atoms in total. The van der Waals surface area contributed by atoms with Crippen LogP contribution in [0.25, 0.3) is 10.9 Å². The van der Waals surface area contributed by atoms with Gasteiger partial charge in [0, 0.05) is 23.4 Å². The number of amides is 1. The number of benzene rings is 3. The summed E-state index contributed by atoms with van der Waals surface area (Å²) in [5.74, 6) is 1.54. The van der Waals surface area contributed by atoms with Crippen LogP contribution >= 0.6 is 0 Å². The molecule has 36 heavy (non-hydrogen) atoms. The molecule has 1 N–H and O–H groups in total. The Kier molecular flexibility index (Phi) is 6.62. The first-order chi connectivity index (χ1) is 17.5. The van der Waals surface area contributed by atoms with Crippen LogP contribution in [0.4, 0.5) is 5.69 Å². The summed E-state index contributed by atoms with van der Waals surface area (Å²) < 4.78 is 18.0. The number of pyridine rings is 1. The average molecular weight is 485 g/mol. The molecule has 5 rings (SSSR count). The van der Waals surface area contributed by atoms with Crippen molar-refractivity contribution in [1.82, 2.24) is 4.57 Å². The van der Waals surface area contributed by atoms with Crippen LogP contribution in [0.5, 0.6) is 17.2 Å². The van der Waals surface area contributed by atoms with Gasteiger partial charge in [0.2, 0.25) is 5.91 Å². The van der Waals surface area contributed by atoms with Crippen LogP contribution in [-0.4, -0.2) is 30.8 Å². The van der Waals surface area contributed by atoms with E-state index in [9.17, 15) is 9.59 Å². The first-order valence-electron chi connectivity index (χ1n) is 12.0. The van der Waals surface area contributed by atoms with E-state index in [1.165, 1.54) is 10.1 Å². The number of fused-ring (bicyclic) bond motifs is 2. The van der Waals surface area contributed by atoms with Crippen LogP contribution in [0.3, 0.4) is 0 Å². The van der Waals surface area contributed by atoms with Gasteiger partial charge >= 0.3 is 0 Å². The van der Waals surface area contributed by atoms with Crippen LogP contribution in [-0.2, 0) is 24.2 Å². The third-order valence-corrected chi connectivity index (χ3v) is 6.31. The molecule has 3 aromatic carbocycles. The van der Waals surface area contributed by atoms with E-state index >= 15 is 0 Å². The fourth-order valence-electron chi connectivity index (χ4n) is 4.37. The summed E-state index contributed by atoms with van der Waals surface area (Å²) in [6.45, 7) is 2.88. The molecule has 184 valence electrons. The van der Waals surface area contributed by atoms with Crippen molar-refractivity contribution < 1.29 is 19.0 Å². The maximum Gasteiger partial charge on any atom is 0.254 e. The molecule has 0 radical (unpaired) electrons. The van der Waals surface area contributed by atoms with Gasteiger partial charge in [0.15, 0.2) is 11.5 Å². The van der Waals surface area contributed by atoms with Crippen molar-refractivity contribution in [2.45, 2.75) is 26.3 Å². The highest BCUT2D eigenvalue weighted by Gasteiger charge is 2.16. The number of hydrogen-bond acceptors (Lipinski definition) is 5. The van der Waals surface area contributed by atoms with Crippen LogP contribution in [0.1, 0.15) is 16.7 Å². The van der Waals surface area contributed by atoms with Crippen LogP contribution < -0.4 is 25.1 Å². The second-order valence-corrected chi connectivity index (χ2v) is 8.88. The lowest BCUT2D eigenvalue weighted by atomic mass is 10.0. The molecule has 1 aliphatic rings. The Bertz CT molecular complexity index is 1470. The largest absolute Gasteiger partial charge is 0.497 e. The van der Waals surface area contributed by atoms with E-state index < -0.39 is 0 Å². The van der Waals surface area contributed by atoms with Crippen molar-refractivity contribution in [2.24, 2.45) is 0 Å². The molecule has 0 saturated heterocycles. The highest BCUT2D eigenvalue weighted by Crippen LogP contribution is 2.32. The minimum absolute atomic E-state index is 0.130. The van der Waals surface area contributed by atoms with E-state index in [2.05, 4.69) is 36.5 Å². The van der Waals surface area contributed by atoms with Crippen molar-refractivity contribution >= 4 is 22.5 Å². The molecule has 7 heteroatoms. The van der Waals surface area contributed by atoms with Crippen LogP contribution in [0.2, 0.25) is 0 Å². The molecular formula is C29H28N2O5. The zero-order valence-electron chi connectivity index (χ0n) is 20.4. The summed E-state index contributed by atoms with van der Waals surface area (Å²) in [5.41, 5.74) is 4.08. The standard InChI is InChI=1S/C29H28N2O5/c1-19-3-5-20(6-4-19)7-8-22-15-21-9-11-24(34-2)17-25(21)31(29(22)33)18-28(32)30-23-10-12-26-27(16-23)36-14-13-35-26/h3-6,9-12,15-17H,7-8,13-14,18H2,1-2H3,(H,30,32). The summed E-state index contributed by atoms with van der Waals surface area (Å²) in [7, 11) is 1.58. The smallest absolute Gasteiger partial charge is 0.254 e. The Balaban J connectivity index is 1.43. The average Bonchev–Trinajstić information content (AvgIpc) is 2.90. The number of nitrogens with zero attached hydrogens (tertiary/aromatic N) is 1. The number of rotatable bonds is 7. The van der Waals surface area contributed by atoms with E-state index in [-0.39, 0.29) is 18.0 Å². The lowest BCUT2D eigenvalue weighted by Gasteiger charge is -2.19. The van der Waals surface area contributed by atoms with E-state index in [0.29, 0.717) is 53.7 Å². The van der Waals surface area contributed by atoms with E-state index in [1.54, 1.807) is 31.4 Å². The highest BCUT2D eigenvalue weighted by atomic mass is 16.6. The SMILES string of the molecule is COc1ccc2cc(CCc3ccc(C)cc3)c(=O)n(CC(=O)Nc3ccc4c(c3)OCCO4)c2c1. The first-order valence-corrected chi connectivity index (χ1v) is 12.0. The number of anilines is 1. The number of methoxy groups -OCH3 is 1. The second-order valence-electron chi connectivity index (χ2n) is 8.88. The molecule has 0 unspecified atom stereocenters. The van der Waals surface area contributed by atoms with Gasteiger partial charge in [-0.3, -0.25) is 14.2 Å². The van der Waals surface area contributed by atoms with E-state index in [4.69, 9.17) is 14.2 Å². The summed E-state index contributed by atoms with van der Waals surface area (Å²) in [4.78, 5) is 26.6. The minimum atomic E-state index is -0.311. The number of ether oxygens (including phenoxy) is 3. The maximum atomic E-state index is 13.5. The molecule has 0 saturated carbocycles. The molecule has 0 aliphatic carbocycles. The molecule has 2 heterocycles. The van der Waals surface area contributed by atoms with Gasteiger partial charge in [-0.05, 0) is 61.0 Å². The van der Waals surface area contributed by atoms with E-state index in [1.807, 2.05) is 18.2 Å². The zero-order chi connectivity index (χ0) is 25.1. The Labute approximate surface area is 209 Å². The van der Waals surface area contributed by atoms with Crippen molar-refractivity contribution in [2.75, 3.05) is 25.6 Å². The molecule has 4 aromatic rings. The minimum Gasteiger partial charge on any atom is -0.497 e. The van der Waals surface area contributed by atoms with Gasteiger partial charge in [-0.25, -0.2) is 0 Å². The predicted octanol–water partition coefficient (Wildman–Crippen LogP) is 4.51. The summed E-state index contributed by atoms with van der Waals surface area (Å²) >= 11 is 0. The highest BCUT2D eigenvalue weighted by molar-refractivity contribution is 5.92. The lowest BCUT2D eigenvalue weighted by Crippen LogP contribution is -2.30. The summed E-state index contributed by atoms with van der Waals surface area (Å²) in [6, 6.07) is 21.0. The topological polar surface area (TPSA) is 78.8 Å². The quantitative estimate of drug-likeness (QED) is 0.418. The number of aromatic nitrogens is 1. The van der Waals surface area contributed by atoms with Gasteiger partial charge in [-0.2, -0.15) is 0 Å². The second kappa shape index (κ2) is 10.2. The summed E-state index contributed by atoms with van der Waals surface area (Å²) in [6.07, 6.45) is 1.31. The van der Waals surface area contributed by atoms with Crippen molar-refractivity contribution in [1.29, 1.82) is 0 Å². The molecule has 0 fully saturated rings. The van der Waals surface area contributed by atoms with Gasteiger partial charge in [-0.15, -0.1) is 0 Å². The van der Waals surface area contributed by atoms with Crippen molar-refractivity contribution in [3.63, 3.8) is 0 Å². The zero-order valence-corrected chi connectivity index (χ0v) is 20.4. The van der Waals surface area contributed by atoms with Crippen LogP contribution in [0.15, 0.2) is 71.5 Å². The summed E-state index contributed by atoms with van der Waals surface area (Å²) in [5, 5.41) is 3.75. The third-order valence-electron chi connectivity index (χ3n) is 6.31. The van der Waals surface area contributed by atoms with Gasteiger partial charge in [0.25, 0.3) is 5.56 Å².